The first kappa shape index (κ1) is 23.2. The van der Waals surface area contributed by atoms with Crippen molar-refractivity contribution in [3.8, 4) is 0 Å². The maximum absolute atomic E-state index is 12.7. The number of hydrogen-bond donors (Lipinski definition) is 1. The Morgan fingerprint density at radius 2 is 1.71 bits per heavy atom. The quantitative estimate of drug-likeness (QED) is 0.695. The van der Waals surface area contributed by atoms with Crippen LogP contribution in [0.2, 0.25) is 0 Å². The van der Waals surface area contributed by atoms with Crippen molar-refractivity contribution in [2.75, 3.05) is 26.3 Å². The third kappa shape index (κ3) is 6.28. The molecule has 0 unspecified atom stereocenters. The molecule has 10 heteroatoms. The van der Waals surface area contributed by atoms with Crippen LogP contribution in [-0.4, -0.2) is 44.9 Å². The van der Waals surface area contributed by atoms with Gasteiger partial charge in [0.25, 0.3) is 0 Å². The van der Waals surface area contributed by atoms with Crippen LogP contribution in [0.25, 0.3) is 0 Å². The van der Waals surface area contributed by atoms with Crippen LogP contribution in [0.3, 0.4) is 0 Å². The number of carbonyl (C=O) groups is 1. The van der Waals surface area contributed by atoms with Gasteiger partial charge < -0.3 is 10.1 Å². The van der Waals surface area contributed by atoms with E-state index in [0.717, 1.165) is 17.7 Å². The molecule has 168 valence electrons. The molecule has 0 aromatic heterocycles. The molecular formula is C21H23F3N2O4S. The molecule has 1 heterocycles. The van der Waals surface area contributed by atoms with Gasteiger partial charge in [-0.15, -0.1) is 0 Å². The van der Waals surface area contributed by atoms with E-state index in [1.165, 1.54) is 28.6 Å². The molecule has 1 N–H and O–H groups in total. The fourth-order valence-corrected chi connectivity index (χ4v) is 4.58. The number of aryl methyl sites for hydroxylation is 1. The molecule has 0 aliphatic carbocycles. The third-order valence-electron chi connectivity index (χ3n) is 4.92. The fourth-order valence-electron chi connectivity index (χ4n) is 3.17. The average molecular weight is 456 g/mol. The zero-order valence-corrected chi connectivity index (χ0v) is 17.5. The van der Waals surface area contributed by atoms with Gasteiger partial charge >= 0.3 is 6.18 Å². The summed E-state index contributed by atoms with van der Waals surface area (Å²) in [4.78, 5) is 12.2. The summed E-state index contributed by atoms with van der Waals surface area (Å²) in [5.74, 6) is -0.303. The second kappa shape index (κ2) is 9.80. The Labute approximate surface area is 179 Å². The highest BCUT2D eigenvalue weighted by Crippen LogP contribution is 2.29. The second-order valence-electron chi connectivity index (χ2n) is 7.14. The summed E-state index contributed by atoms with van der Waals surface area (Å²) >= 11 is 0. The number of alkyl halides is 3. The third-order valence-corrected chi connectivity index (χ3v) is 6.83. The van der Waals surface area contributed by atoms with E-state index < -0.39 is 21.8 Å². The van der Waals surface area contributed by atoms with Gasteiger partial charge in [-0.05, 0) is 41.8 Å². The molecule has 0 atom stereocenters. The lowest BCUT2D eigenvalue weighted by molar-refractivity contribution is -0.137. The highest BCUT2D eigenvalue weighted by Gasteiger charge is 2.30. The molecular weight excluding hydrogens is 433 g/mol. The molecule has 1 fully saturated rings. The van der Waals surface area contributed by atoms with Crippen LogP contribution in [0.1, 0.15) is 23.1 Å². The normalized spacial score (nSPS) is 15.6. The van der Waals surface area contributed by atoms with Crippen LogP contribution in [0, 0.1) is 0 Å². The highest BCUT2D eigenvalue weighted by molar-refractivity contribution is 7.89. The van der Waals surface area contributed by atoms with Crippen molar-refractivity contribution in [3.63, 3.8) is 0 Å². The lowest BCUT2D eigenvalue weighted by atomic mass is 10.1. The highest BCUT2D eigenvalue weighted by atomic mass is 32.2. The lowest BCUT2D eigenvalue weighted by Crippen LogP contribution is -2.40. The Morgan fingerprint density at radius 3 is 2.35 bits per heavy atom. The molecule has 1 aliphatic heterocycles. The number of rotatable bonds is 7. The first-order chi connectivity index (χ1) is 14.7. The first-order valence-electron chi connectivity index (χ1n) is 9.76. The van der Waals surface area contributed by atoms with E-state index in [2.05, 4.69) is 5.32 Å². The van der Waals surface area contributed by atoms with E-state index in [4.69, 9.17) is 4.74 Å². The maximum Gasteiger partial charge on any atom is 0.416 e. The summed E-state index contributed by atoms with van der Waals surface area (Å²) < 4.78 is 70.0. The second-order valence-corrected chi connectivity index (χ2v) is 9.07. The minimum Gasteiger partial charge on any atom is -0.379 e. The average Bonchev–Trinajstić information content (AvgIpc) is 2.77. The van der Waals surface area contributed by atoms with E-state index in [-0.39, 0.29) is 23.8 Å². The summed E-state index contributed by atoms with van der Waals surface area (Å²) in [7, 11) is -3.57. The lowest BCUT2D eigenvalue weighted by Gasteiger charge is -2.26. The largest absolute Gasteiger partial charge is 0.416 e. The molecule has 0 radical (unpaired) electrons. The van der Waals surface area contributed by atoms with Gasteiger partial charge in [-0.3, -0.25) is 4.79 Å². The van der Waals surface area contributed by atoms with Crippen molar-refractivity contribution >= 4 is 15.9 Å². The number of nitrogens with one attached hydrogen (secondary N) is 1. The number of morpholine rings is 1. The monoisotopic (exact) mass is 456 g/mol. The van der Waals surface area contributed by atoms with E-state index in [9.17, 15) is 26.4 Å². The molecule has 3 rings (SSSR count). The fraction of sp³-hybridized carbons (Fsp3) is 0.381. The van der Waals surface area contributed by atoms with Crippen molar-refractivity contribution in [1.29, 1.82) is 0 Å². The number of hydrogen-bond acceptors (Lipinski definition) is 4. The molecule has 2 aromatic carbocycles. The number of amides is 1. The Balaban J connectivity index is 1.50. The van der Waals surface area contributed by atoms with Gasteiger partial charge in [-0.2, -0.15) is 17.5 Å². The van der Waals surface area contributed by atoms with Crippen molar-refractivity contribution in [2.24, 2.45) is 0 Å². The number of ether oxygens (including phenoxy) is 1. The van der Waals surface area contributed by atoms with Gasteiger partial charge in [0, 0.05) is 26.1 Å². The summed E-state index contributed by atoms with van der Waals surface area (Å²) in [5, 5.41) is 2.61. The smallest absolute Gasteiger partial charge is 0.379 e. The minimum atomic E-state index is -4.43. The molecule has 31 heavy (non-hydrogen) atoms. The number of halogens is 3. The van der Waals surface area contributed by atoms with Gasteiger partial charge in [-0.1, -0.05) is 24.3 Å². The number of carbonyl (C=O) groups excluding carboxylic acids is 1. The molecule has 1 saturated heterocycles. The van der Waals surface area contributed by atoms with Gasteiger partial charge in [0.2, 0.25) is 15.9 Å². The molecule has 6 nitrogen and oxygen atoms in total. The van der Waals surface area contributed by atoms with E-state index in [1.54, 1.807) is 12.1 Å². The Kier molecular flexibility index (Phi) is 7.34. The molecule has 0 saturated carbocycles. The van der Waals surface area contributed by atoms with Gasteiger partial charge in [-0.25, -0.2) is 8.42 Å². The van der Waals surface area contributed by atoms with Crippen LogP contribution in [0.15, 0.2) is 53.4 Å². The molecule has 0 spiro atoms. The van der Waals surface area contributed by atoms with Crippen molar-refractivity contribution in [3.05, 3.63) is 65.2 Å². The topological polar surface area (TPSA) is 75.7 Å². The van der Waals surface area contributed by atoms with E-state index >= 15 is 0 Å². The van der Waals surface area contributed by atoms with Crippen molar-refractivity contribution < 1.29 is 31.1 Å². The van der Waals surface area contributed by atoms with Crippen LogP contribution in [-0.2, 0) is 38.7 Å². The first-order valence-corrected chi connectivity index (χ1v) is 11.2. The van der Waals surface area contributed by atoms with E-state index in [0.29, 0.717) is 38.3 Å². The zero-order chi connectivity index (χ0) is 22.5. The van der Waals surface area contributed by atoms with Gasteiger partial charge in [0.05, 0.1) is 23.7 Å². The SMILES string of the molecule is O=C(CCc1ccc(S(=O)(=O)N2CCOCC2)cc1)NCc1cccc(C(F)(F)F)c1. The number of benzene rings is 2. The van der Waals surface area contributed by atoms with Crippen LogP contribution in [0.5, 0.6) is 0 Å². The molecule has 0 bridgehead atoms. The maximum atomic E-state index is 12.7. The Hall–Kier alpha value is -2.43. The number of sulfonamides is 1. The van der Waals surface area contributed by atoms with E-state index in [1.807, 2.05) is 0 Å². The number of nitrogens with zero attached hydrogens (tertiary/aromatic N) is 1. The van der Waals surface area contributed by atoms with Gasteiger partial charge in [0.1, 0.15) is 0 Å². The summed E-state index contributed by atoms with van der Waals surface area (Å²) in [6.07, 6.45) is -3.91. The Bertz CT molecular complexity index is 1000. The predicted octanol–water partition coefficient (Wildman–Crippen LogP) is 2.98. The van der Waals surface area contributed by atoms with Crippen LogP contribution < -0.4 is 5.32 Å². The van der Waals surface area contributed by atoms with Crippen LogP contribution in [0.4, 0.5) is 13.2 Å². The van der Waals surface area contributed by atoms with Crippen LogP contribution >= 0.6 is 0 Å². The van der Waals surface area contributed by atoms with Crippen molar-refractivity contribution in [1.82, 2.24) is 9.62 Å². The molecule has 2 aromatic rings. The van der Waals surface area contributed by atoms with Gasteiger partial charge in [0.15, 0.2) is 0 Å². The standard InChI is InChI=1S/C21H23F3N2O4S/c22-21(23,24)18-3-1-2-17(14-18)15-25-20(27)9-6-16-4-7-19(8-5-16)31(28,29)26-10-12-30-13-11-26/h1-5,7-8,14H,6,9-13,15H2,(H,25,27). The summed E-state index contributed by atoms with van der Waals surface area (Å²) in [6.45, 7) is 1.37. The summed E-state index contributed by atoms with van der Waals surface area (Å²) in [5.41, 5.74) is 0.391. The zero-order valence-electron chi connectivity index (χ0n) is 16.7. The molecule has 1 amide bonds. The van der Waals surface area contributed by atoms with Crippen molar-refractivity contribution in [2.45, 2.75) is 30.5 Å². The Morgan fingerprint density at radius 1 is 1.03 bits per heavy atom. The molecule has 1 aliphatic rings. The summed E-state index contributed by atoms with van der Waals surface area (Å²) in [6, 6.07) is 11.2. The predicted molar refractivity (Wildman–Crippen MR) is 108 cm³/mol. The minimum absolute atomic E-state index is 0.000512.